The van der Waals surface area contributed by atoms with E-state index in [1.807, 2.05) is 42.2 Å². The second kappa shape index (κ2) is 11.3. The van der Waals surface area contributed by atoms with Crippen LogP contribution in [0.4, 0.5) is 11.6 Å². The molecule has 1 amide bonds. The van der Waals surface area contributed by atoms with Crippen LogP contribution in [0.2, 0.25) is 0 Å². The van der Waals surface area contributed by atoms with Gasteiger partial charge in [-0.25, -0.2) is 8.42 Å². The predicted molar refractivity (Wildman–Crippen MR) is 139 cm³/mol. The van der Waals surface area contributed by atoms with Gasteiger partial charge in [-0.05, 0) is 55.0 Å². The molecule has 0 unspecified atom stereocenters. The zero-order valence-corrected chi connectivity index (χ0v) is 21.4. The van der Waals surface area contributed by atoms with Crippen molar-refractivity contribution in [2.45, 2.75) is 18.7 Å². The van der Waals surface area contributed by atoms with E-state index in [2.05, 4.69) is 16.4 Å². The van der Waals surface area contributed by atoms with Crippen LogP contribution in [0.5, 0.6) is 5.75 Å². The Morgan fingerprint density at radius 1 is 1.11 bits per heavy atom. The average Bonchev–Trinajstić information content (AvgIpc) is 3.32. The molecule has 192 valence electrons. The molecule has 1 saturated heterocycles. The Hall–Kier alpha value is -4.14. The highest BCUT2D eigenvalue weighted by Crippen LogP contribution is 2.26. The highest BCUT2D eigenvalue weighted by molar-refractivity contribution is 7.89. The predicted octanol–water partition coefficient (Wildman–Crippen LogP) is 3.58. The van der Waals surface area contributed by atoms with Crippen LogP contribution in [0.25, 0.3) is 12.2 Å². The first-order chi connectivity index (χ1) is 17.8. The molecule has 0 saturated carbocycles. The summed E-state index contributed by atoms with van der Waals surface area (Å²) < 4.78 is 38.9. The topological polar surface area (TPSA) is 129 Å². The Balaban J connectivity index is 1.42. The summed E-state index contributed by atoms with van der Waals surface area (Å²) in [7, 11) is -3.71. The van der Waals surface area contributed by atoms with Gasteiger partial charge in [0.1, 0.15) is 11.8 Å². The minimum atomic E-state index is -3.71. The van der Waals surface area contributed by atoms with Crippen molar-refractivity contribution in [1.29, 1.82) is 5.26 Å². The standard InChI is InChI=1S/C26H27N5O5S/c1-3-35-22-9-4-20(5-10-22)6-13-25-29-24(18-27)26(36-25)30-14-16-31(17-15-30)37(33,34)23-11-7-21(8-12-23)28-19(2)32/h4-13H,3,14-17H2,1-2H3,(H,28,32)/b13-6+. The van der Waals surface area contributed by atoms with Gasteiger partial charge in [0.2, 0.25) is 33.4 Å². The molecule has 37 heavy (non-hydrogen) atoms. The zero-order valence-electron chi connectivity index (χ0n) is 20.5. The minimum absolute atomic E-state index is 0.147. The van der Waals surface area contributed by atoms with Crippen molar-refractivity contribution in [2.75, 3.05) is 43.0 Å². The van der Waals surface area contributed by atoms with Gasteiger partial charge in [0.05, 0.1) is 11.5 Å². The second-order valence-corrected chi connectivity index (χ2v) is 10.2. The molecule has 0 bridgehead atoms. The molecule has 1 fully saturated rings. The summed E-state index contributed by atoms with van der Waals surface area (Å²) in [5.74, 6) is 1.17. The molecular weight excluding hydrogens is 494 g/mol. The molecule has 2 aromatic carbocycles. The second-order valence-electron chi connectivity index (χ2n) is 8.25. The quantitative estimate of drug-likeness (QED) is 0.476. The third-order valence-corrected chi connectivity index (χ3v) is 7.59. The van der Waals surface area contributed by atoms with Gasteiger partial charge >= 0.3 is 0 Å². The van der Waals surface area contributed by atoms with Crippen molar-refractivity contribution in [2.24, 2.45) is 0 Å². The van der Waals surface area contributed by atoms with E-state index in [1.165, 1.54) is 23.4 Å². The van der Waals surface area contributed by atoms with E-state index in [1.54, 1.807) is 18.2 Å². The fraction of sp³-hybridized carbons (Fsp3) is 0.269. The van der Waals surface area contributed by atoms with E-state index in [0.717, 1.165) is 11.3 Å². The molecule has 11 heteroatoms. The van der Waals surface area contributed by atoms with E-state index in [-0.39, 0.29) is 35.5 Å². The highest BCUT2D eigenvalue weighted by atomic mass is 32.2. The van der Waals surface area contributed by atoms with E-state index >= 15 is 0 Å². The lowest BCUT2D eigenvalue weighted by atomic mass is 10.2. The molecule has 2 heterocycles. The first-order valence-corrected chi connectivity index (χ1v) is 13.2. The van der Waals surface area contributed by atoms with Crippen LogP contribution in [-0.4, -0.2) is 56.4 Å². The molecule has 10 nitrogen and oxygen atoms in total. The largest absolute Gasteiger partial charge is 0.494 e. The Bertz CT molecular complexity index is 1420. The maximum atomic E-state index is 13.1. The van der Waals surface area contributed by atoms with Gasteiger partial charge in [-0.2, -0.15) is 14.6 Å². The van der Waals surface area contributed by atoms with Gasteiger partial charge in [0.15, 0.2) is 0 Å². The molecule has 1 N–H and O–H groups in total. The van der Waals surface area contributed by atoms with E-state index in [9.17, 15) is 18.5 Å². The SMILES string of the molecule is CCOc1ccc(/C=C/c2nc(C#N)c(N3CCN(S(=O)(=O)c4ccc(NC(C)=O)cc4)CC3)o2)cc1. The number of rotatable bonds is 8. The molecule has 1 aromatic heterocycles. The number of nitriles is 1. The molecule has 3 aromatic rings. The summed E-state index contributed by atoms with van der Waals surface area (Å²) in [6.45, 7) is 5.03. The maximum absolute atomic E-state index is 13.1. The van der Waals surface area contributed by atoms with E-state index in [0.29, 0.717) is 31.3 Å². The zero-order chi connectivity index (χ0) is 26.4. The van der Waals surface area contributed by atoms with Crippen LogP contribution in [0.3, 0.4) is 0 Å². The number of piperazine rings is 1. The van der Waals surface area contributed by atoms with Crippen LogP contribution < -0.4 is 15.0 Å². The lowest BCUT2D eigenvalue weighted by molar-refractivity contribution is -0.114. The summed E-state index contributed by atoms with van der Waals surface area (Å²) in [6, 6.07) is 15.7. The molecule has 1 aliphatic heterocycles. The van der Waals surface area contributed by atoms with Crippen LogP contribution in [0.15, 0.2) is 57.8 Å². The Morgan fingerprint density at radius 2 is 1.78 bits per heavy atom. The van der Waals surface area contributed by atoms with Crippen LogP contribution in [0.1, 0.15) is 31.0 Å². The van der Waals surface area contributed by atoms with Crippen LogP contribution >= 0.6 is 0 Å². The number of hydrogen-bond donors (Lipinski definition) is 1. The molecular formula is C26H27N5O5S. The summed E-state index contributed by atoms with van der Waals surface area (Å²) >= 11 is 0. The number of oxazole rings is 1. The summed E-state index contributed by atoms with van der Waals surface area (Å²) in [4.78, 5) is 17.4. The number of nitrogens with one attached hydrogen (secondary N) is 1. The number of anilines is 2. The summed E-state index contributed by atoms with van der Waals surface area (Å²) in [5, 5.41) is 12.2. The van der Waals surface area contributed by atoms with Gasteiger partial charge in [0, 0.05) is 44.9 Å². The van der Waals surface area contributed by atoms with Crippen molar-refractivity contribution in [3.8, 4) is 11.8 Å². The number of amides is 1. The molecule has 0 radical (unpaired) electrons. The smallest absolute Gasteiger partial charge is 0.243 e. The van der Waals surface area contributed by atoms with Crippen molar-refractivity contribution in [1.82, 2.24) is 9.29 Å². The number of benzene rings is 2. The maximum Gasteiger partial charge on any atom is 0.243 e. The van der Waals surface area contributed by atoms with Gasteiger partial charge < -0.3 is 19.4 Å². The van der Waals surface area contributed by atoms with E-state index in [4.69, 9.17) is 9.15 Å². The lowest BCUT2D eigenvalue weighted by Crippen LogP contribution is -2.48. The van der Waals surface area contributed by atoms with Gasteiger partial charge in [0.25, 0.3) is 0 Å². The molecule has 0 atom stereocenters. The highest BCUT2D eigenvalue weighted by Gasteiger charge is 2.31. The number of carbonyl (C=O) groups excluding carboxylic acids is 1. The number of aromatic nitrogens is 1. The third kappa shape index (κ3) is 6.17. The first kappa shape index (κ1) is 25.9. The van der Waals surface area contributed by atoms with Crippen LogP contribution in [-0.2, 0) is 14.8 Å². The number of carbonyl (C=O) groups is 1. The molecule has 1 aliphatic rings. The van der Waals surface area contributed by atoms with Crippen molar-refractivity contribution in [3.63, 3.8) is 0 Å². The van der Waals surface area contributed by atoms with Crippen molar-refractivity contribution >= 4 is 39.7 Å². The molecule has 0 spiro atoms. The number of ether oxygens (including phenoxy) is 1. The number of nitrogens with zero attached hydrogens (tertiary/aromatic N) is 4. The van der Waals surface area contributed by atoms with E-state index < -0.39 is 10.0 Å². The Labute approximate surface area is 215 Å². The summed E-state index contributed by atoms with van der Waals surface area (Å²) in [6.07, 6.45) is 3.51. The monoisotopic (exact) mass is 521 g/mol. The van der Waals surface area contributed by atoms with Gasteiger partial charge in [-0.3, -0.25) is 4.79 Å². The normalized spacial score (nSPS) is 14.5. The fourth-order valence-electron chi connectivity index (χ4n) is 3.89. The van der Waals surface area contributed by atoms with Crippen LogP contribution in [0, 0.1) is 11.3 Å². The number of sulfonamides is 1. The Kier molecular flexibility index (Phi) is 7.91. The lowest BCUT2D eigenvalue weighted by Gasteiger charge is -2.33. The van der Waals surface area contributed by atoms with Crippen molar-refractivity contribution < 1.29 is 22.4 Å². The Morgan fingerprint density at radius 3 is 2.38 bits per heavy atom. The average molecular weight is 522 g/mol. The minimum Gasteiger partial charge on any atom is -0.494 e. The first-order valence-electron chi connectivity index (χ1n) is 11.7. The van der Waals surface area contributed by atoms with Gasteiger partial charge in [-0.1, -0.05) is 12.1 Å². The van der Waals surface area contributed by atoms with Crippen molar-refractivity contribution in [3.05, 3.63) is 65.7 Å². The van der Waals surface area contributed by atoms with Gasteiger partial charge in [-0.15, -0.1) is 0 Å². The third-order valence-electron chi connectivity index (χ3n) is 5.68. The molecule has 0 aliphatic carbocycles. The summed E-state index contributed by atoms with van der Waals surface area (Å²) in [5.41, 5.74) is 1.60. The fourth-order valence-corrected chi connectivity index (χ4v) is 5.31. The molecule has 4 rings (SSSR count). The number of hydrogen-bond acceptors (Lipinski definition) is 8.